The Bertz CT molecular complexity index is 273. The van der Waals surface area contributed by atoms with Crippen molar-refractivity contribution in [1.82, 2.24) is 15.2 Å². The van der Waals surface area contributed by atoms with E-state index in [4.69, 9.17) is 5.73 Å². The largest absolute Gasteiger partial charge is 0.363 e. The number of aryl methyl sites for hydroxylation is 1. The molecule has 0 saturated heterocycles. The van der Waals surface area contributed by atoms with Gasteiger partial charge in [0.05, 0.1) is 11.9 Å². The smallest absolute Gasteiger partial charge is 0.288 e. The van der Waals surface area contributed by atoms with Gasteiger partial charge >= 0.3 is 0 Å². The SMILES string of the molecule is CCc1cnnc(C(N)=O)n1. The minimum Gasteiger partial charge on any atom is -0.363 e. The van der Waals surface area contributed by atoms with E-state index in [2.05, 4.69) is 15.2 Å². The maximum atomic E-state index is 10.5. The van der Waals surface area contributed by atoms with E-state index < -0.39 is 5.91 Å². The van der Waals surface area contributed by atoms with Crippen molar-refractivity contribution in [3.8, 4) is 0 Å². The van der Waals surface area contributed by atoms with Gasteiger partial charge in [-0.1, -0.05) is 6.92 Å². The molecule has 1 aromatic heterocycles. The standard InChI is InChI=1S/C6H8N4O/c1-2-4-3-8-10-6(9-4)5(7)11/h3H,2H2,1H3,(H2,7,11). The molecule has 0 radical (unpaired) electrons. The zero-order valence-electron chi connectivity index (χ0n) is 6.11. The maximum Gasteiger partial charge on any atom is 0.288 e. The number of primary amides is 1. The quantitative estimate of drug-likeness (QED) is 0.621. The number of hydrogen-bond donors (Lipinski definition) is 1. The van der Waals surface area contributed by atoms with Crippen molar-refractivity contribution in [2.24, 2.45) is 5.73 Å². The minimum atomic E-state index is -0.646. The van der Waals surface area contributed by atoms with Crippen molar-refractivity contribution < 1.29 is 4.79 Å². The molecule has 1 rings (SSSR count). The van der Waals surface area contributed by atoms with E-state index in [1.807, 2.05) is 6.92 Å². The van der Waals surface area contributed by atoms with Gasteiger partial charge in [0.2, 0.25) is 5.82 Å². The first kappa shape index (κ1) is 7.59. The molecule has 0 bridgehead atoms. The molecule has 0 atom stereocenters. The van der Waals surface area contributed by atoms with Gasteiger partial charge in [-0.25, -0.2) is 4.98 Å². The molecule has 2 N–H and O–H groups in total. The lowest BCUT2D eigenvalue weighted by Crippen LogP contribution is -2.16. The molecule has 0 unspecified atom stereocenters. The fraction of sp³-hybridized carbons (Fsp3) is 0.333. The summed E-state index contributed by atoms with van der Waals surface area (Å²) < 4.78 is 0. The lowest BCUT2D eigenvalue weighted by atomic mass is 10.4. The fourth-order valence-electron chi connectivity index (χ4n) is 0.612. The van der Waals surface area contributed by atoms with Gasteiger partial charge in [-0.05, 0) is 6.42 Å². The van der Waals surface area contributed by atoms with E-state index in [0.29, 0.717) is 5.69 Å². The first-order valence-corrected chi connectivity index (χ1v) is 3.22. The Kier molecular flexibility index (Phi) is 2.10. The molecule has 58 valence electrons. The average molecular weight is 152 g/mol. The molecule has 1 heterocycles. The third-order valence-electron chi connectivity index (χ3n) is 1.19. The molecule has 0 aliphatic rings. The molecule has 1 aromatic rings. The van der Waals surface area contributed by atoms with Crippen molar-refractivity contribution >= 4 is 5.91 Å². The summed E-state index contributed by atoms with van der Waals surface area (Å²) in [6, 6.07) is 0. The van der Waals surface area contributed by atoms with Crippen LogP contribution in [0.1, 0.15) is 23.2 Å². The van der Waals surface area contributed by atoms with Gasteiger partial charge in [-0.15, -0.1) is 5.10 Å². The summed E-state index contributed by atoms with van der Waals surface area (Å²) in [6.45, 7) is 1.91. The molecule has 5 nitrogen and oxygen atoms in total. The molecule has 0 aliphatic heterocycles. The van der Waals surface area contributed by atoms with Gasteiger partial charge in [0.1, 0.15) is 0 Å². The number of carbonyl (C=O) groups excluding carboxylic acids is 1. The monoisotopic (exact) mass is 152 g/mol. The van der Waals surface area contributed by atoms with Gasteiger partial charge in [0.25, 0.3) is 5.91 Å². The van der Waals surface area contributed by atoms with Gasteiger partial charge in [0, 0.05) is 0 Å². The summed E-state index contributed by atoms with van der Waals surface area (Å²) in [6.07, 6.45) is 2.22. The van der Waals surface area contributed by atoms with Crippen molar-refractivity contribution in [3.05, 3.63) is 17.7 Å². The molecule has 0 aromatic carbocycles. The maximum absolute atomic E-state index is 10.5. The molecular formula is C6H8N4O. The Morgan fingerprint density at radius 2 is 2.45 bits per heavy atom. The van der Waals surface area contributed by atoms with E-state index in [1.165, 1.54) is 6.20 Å². The van der Waals surface area contributed by atoms with Crippen LogP contribution >= 0.6 is 0 Å². The van der Waals surface area contributed by atoms with Gasteiger partial charge in [-0.3, -0.25) is 4.79 Å². The number of nitrogens with two attached hydrogens (primary N) is 1. The fourth-order valence-corrected chi connectivity index (χ4v) is 0.612. The number of amides is 1. The number of rotatable bonds is 2. The highest BCUT2D eigenvalue weighted by molar-refractivity contribution is 5.88. The Morgan fingerprint density at radius 3 is 3.00 bits per heavy atom. The van der Waals surface area contributed by atoms with Crippen LogP contribution in [0.2, 0.25) is 0 Å². The molecule has 0 spiro atoms. The molecule has 0 fully saturated rings. The van der Waals surface area contributed by atoms with E-state index in [0.717, 1.165) is 6.42 Å². The van der Waals surface area contributed by atoms with Crippen LogP contribution < -0.4 is 5.73 Å². The highest BCUT2D eigenvalue weighted by Gasteiger charge is 2.03. The summed E-state index contributed by atoms with van der Waals surface area (Å²) in [5.74, 6) is -0.669. The second kappa shape index (κ2) is 3.05. The molecule has 0 saturated carbocycles. The van der Waals surface area contributed by atoms with Crippen LogP contribution in [-0.2, 0) is 6.42 Å². The lowest BCUT2D eigenvalue weighted by molar-refractivity contribution is 0.0989. The molecule has 1 amide bonds. The average Bonchev–Trinajstić information content (AvgIpc) is 2.05. The second-order valence-electron chi connectivity index (χ2n) is 1.99. The Morgan fingerprint density at radius 1 is 1.73 bits per heavy atom. The van der Waals surface area contributed by atoms with Crippen LogP contribution in [0.5, 0.6) is 0 Å². The van der Waals surface area contributed by atoms with Crippen molar-refractivity contribution in [3.63, 3.8) is 0 Å². The first-order valence-electron chi connectivity index (χ1n) is 3.22. The Labute approximate surface area is 63.7 Å². The number of hydrogen-bond acceptors (Lipinski definition) is 4. The summed E-state index contributed by atoms with van der Waals surface area (Å²) in [4.78, 5) is 14.4. The van der Waals surface area contributed by atoms with E-state index in [9.17, 15) is 4.79 Å². The Hall–Kier alpha value is -1.52. The van der Waals surface area contributed by atoms with Crippen LogP contribution in [0, 0.1) is 0 Å². The summed E-state index contributed by atoms with van der Waals surface area (Å²) in [5, 5.41) is 7.01. The second-order valence-corrected chi connectivity index (χ2v) is 1.99. The minimum absolute atomic E-state index is 0.0237. The van der Waals surface area contributed by atoms with E-state index in [-0.39, 0.29) is 5.82 Å². The molecule has 11 heavy (non-hydrogen) atoms. The Balaban J connectivity index is 3.01. The van der Waals surface area contributed by atoms with Crippen LogP contribution in [0.3, 0.4) is 0 Å². The van der Waals surface area contributed by atoms with Crippen molar-refractivity contribution in [1.29, 1.82) is 0 Å². The predicted molar refractivity (Wildman–Crippen MR) is 37.7 cm³/mol. The number of aromatic nitrogens is 3. The lowest BCUT2D eigenvalue weighted by Gasteiger charge is -1.94. The zero-order chi connectivity index (χ0) is 8.27. The van der Waals surface area contributed by atoms with Gasteiger partial charge in [-0.2, -0.15) is 5.10 Å². The molecule has 5 heteroatoms. The predicted octanol–water partition coefficient (Wildman–Crippen LogP) is -0.467. The number of carbonyl (C=O) groups is 1. The highest BCUT2D eigenvalue weighted by atomic mass is 16.1. The van der Waals surface area contributed by atoms with Crippen LogP contribution in [0.4, 0.5) is 0 Å². The van der Waals surface area contributed by atoms with Crippen LogP contribution in [-0.4, -0.2) is 21.1 Å². The number of nitrogens with zero attached hydrogens (tertiary/aromatic N) is 3. The van der Waals surface area contributed by atoms with Gasteiger partial charge < -0.3 is 5.73 Å². The topological polar surface area (TPSA) is 81.8 Å². The third kappa shape index (κ3) is 1.70. The highest BCUT2D eigenvalue weighted by Crippen LogP contribution is 1.92. The molecule has 0 aliphatic carbocycles. The summed E-state index contributed by atoms with van der Waals surface area (Å²) >= 11 is 0. The van der Waals surface area contributed by atoms with Crippen molar-refractivity contribution in [2.45, 2.75) is 13.3 Å². The van der Waals surface area contributed by atoms with Crippen LogP contribution in [0.15, 0.2) is 6.20 Å². The summed E-state index contributed by atoms with van der Waals surface area (Å²) in [5.41, 5.74) is 5.65. The first-order chi connectivity index (χ1) is 5.24. The van der Waals surface area contributed by atoms with Gasteiger partial charge in [0.15, 0.2) is 0 Å². The van der Waals surface area contributed by atoms with Crippen molar-refractivity contribution in [2.75, 3.05) is 0 Å². The van der Waals surface area contributed by atoms with E-state index in [1.54, 1.807) is 0 Å². The zero-order valence-corrected chi connectivity index (χ0v) is 6.11. The van der Waals surface area contributed by atoms with E-state index >= 15 is 0 Å². The third-order valence-corrected chi connectivity index (χ3v) is 1.19. The summed E-state index contributed by atoms with van der Waals surface area (Å²) in [7, 11) is 0. The van der Waals surface area contributed by atoms with Crippen LogP contribution in [0.25, 0.3) is 0 Å². The normalized spacial score (nSPS) is 9.55. The molecular weight excluding hydrogens is 144 g/mol.